The highest BCUT2D eigenvalue weighted by Crippen LogP contribution is 2.43. The van der Waals surface area contributed by atoms with Gasteiger partial charge in [0.2, 0.25) is 0 Å². The number of benzene rings is 1. The molecule has 0 spiro atoms. The molecule has 0 N–H and O–H groups in total. The maximum absolute atomic E-state index is 11.1. The van der Waals surface area contributed by atoms with Gasteiger partial charge in [0.1, 0.15) is 0 Å². The molecule has 0 radical (unpaired) electrons. The van der Waals surface area contributed by atoms with Gasteiger partial charge in [-0.15, -0.1) is 0 Å². The fraction of sp³-hybridized carbons (Fsp3) is 0.471. The number of hydrogen-bond acceptors (Lipinski definition) is 1. The van der Waals surface area contributed by atoms with Crippen molar-refractivity contribution in [2.45, 2.75) is 47.5 Å². The molecule has 0 amide bonds. The molecule has 0 aliphatic heterocycles. The quantitative estimate of drug-likeness (QED) is 0.717. The first-order valence-corrected chi connectivity index (χ1v) is 7.10. The Morgan fingerprint density at radius 1 is 1.16 bits per heavy atom. The van der Waals surface area contributed by atoms with Crippen molar-refractivity contribution < 1.29 is 4.79 Å². The van der Waals surface area contributed by atoms with Crippen LogP contribution in [0.15, 0.2) is 6.08 Å². The lowest BCUT2D eigenvalue weighted by Gasteiger charge is -2.15. The zero-order valence-electron chi connectivity index (χ0n) is 12.4. The van der Waals surface area contributed by atoms with E-state index in [0.717, 1.165) is 23.4 Å². The average molecular weight is 277 g/mol. The lowest BCUT2D eigenvalue weighted by molar-refractivity contribution is -0.112. The van der Waals surface area contributed by atoms with E-state index in [2.05, 4.69) is 27.7 Å². The number of hydrogen-bond donors (Lipinski definition) is 0. The van der Waals surface area contributed by atoms with E-state index in [1.807, 2.05) is 6.08 Å². The number of fused-ring (bicyclic) bond motifs is 1. The highest BCUT2D eigenvalue weighted by Gasteiger charge is 2.32. The summed E-state index contributed by atoms with van der Waals surface area (Å²) in [5.74, 6) is 0.0500. The van der Waals surface area contributed by atoms with Gasteiger partial charge in [-0.3, -0.25) is 4.79 Å². The van der Waals surface area contributed by atoms with Crippen LogP contribution in [0.3, 0.4) is 0 Å². The first-order chi connectivity index (χ1) is 8.73. The highest BCUT2D eigenvalue weighted by molar-refractivity contribution is 6.33. The van der Waals surface area contributed by atoms with Gasteiger partial charge in [0.25, 0.3) is 0 Å². The predicted molar refractivity (Wildman–Crippen MR) is 81.8 cm³/mol. The number of carbonyl (C=O) groups is 1. The fourth-order valence-corrected chi connectivity index (χ4v) is 3.33. The van der Waals surface area contributed by atoms with E-state index in [1.54, 1.807) is 13.0 Å². The van der Waals surface area contributed by atoms with Crippen LogP contribution >= 0.6 is 11.6 Å². The van der Waals surface area contributed by atoms with Crippen LogP contribution in [0.4, 0.5) is 0 Å². The fourth-order valence-electron chi connectivity index (χ4n) is 3.01. The maximum atomic E-state index is 11.1. The SMILES string of the molecule is CC(=O)/C=C/c1c(C)c2c(c(C)c1Cl)CC(C)(C)C2. The van der Waals surface area contributed by atoms with Gasteiger partial charge in [0.05, 0.1) is 5.02 Å². The molecule has 19 heavy (non-hydrogen) atoms. The first-order valence-electron chi connectivity index (χ1n) is 6.72. The molecule has 1 aromatic rings. The largest absolute Gasteiger partial charge is 0.295 e. The van der Waals surface area contributed by atoms with Crippen LogP contribution in [0.25, 0.3) is 6.08 Å². The predicted octanol–water partition coefficient (Wildman–Crippen LogP) is 4.68. The number of halogens is 1. The average Bonchev–Trinajstić information content (AvgIpc) is 2.62. The van der Waals surface area contributed by atoms with Crippen molar-refractivity contribution in [1.29, 1.82) is 0 Å². The molecule has 0 aromatic heterocycles. The molecule has 2 rings (SSSR count). The minimum absolute atomic E-state index is 0.0500. The van der Waals surface area contributed by atoms with Crippen molar-refractivity contribution in [1.82, 2.24) is 0 Å². The second-order valence-corrected chi connectivity index (χ2v) is 6.77. The second kappa shape index (κ2) is 4.79. The summed E-state index contributed by atoms with van der Waals surface area (Å²) in [6.45, 7) is 10.4. The first kappa shape index (κ1) is 14.3. The molecule has 0 atom stereocenters. The van der Waals surface area contributed by atoms with Crippen LogP contribution in [-0.4, -0.2) is 5.78 Å². The number of rotatable bonds is 2. The third-order valence-corrected chi connectivity index (χ3v) is 4.52. The maximum Gasteiger partial charge on any atom is 0.152 e. The van der Waals surface area contributed by atoms with Crippen molar-refractivity contribution >= 4 is 23.5 Å². The Morgan fingerprint density at radius 2 is 1.68 bits per heavy atom. The summed E-state index contributed by atoms with van der Waals surface area (Å²) in [6.07, 6.45) is 5.64. The van der Waals surface area contributed by atoms with Crippen LogP contribution < -0.4 is 0 Å². The minimum atomic E-state index is 0.0500. The molecule has 2 heteroatoms. The number of allylic oxidation sites excluding steroid dienone is 1. The van der Waals surface area contributed by atoms with Crippen molar-refractivity contribution in [3.63, 3.8) is 0 Å². The topological polar surface area (TPSA) is 17.1 Å². The molecule has 0 bridgehead atoms. The lowest BCUT2D eigenvalue weighted by Crippen LogP contribution is -2.09. The van der Waals surface area contributed by atoms with Gasteiger partial charge in [-0.25, -0.2) is 0 Å². The number of ketones is 1. The Bertz CT molecular complexity index is 580. The molecule has 1 nitrogen and oxygen atoms in total. The third kappa shape index (κ3) is 2.62. The summed E-state index contributed by atoms with van der Waals surface area (Å²) in [5.41, 5.74) is 6.56. The molecule has 0 heterocycles. The molecule has 0 fully saturated rings. The van der Waals surface area contributed by atoms with Crippen LogP contribution in [0.2, 0.25) is 5.02 Å². The van der Waals surface area contributed by atoms with Gasteiger partial charge in [-0.2, -0.15) is 0 Å². The van der Waals surface area contributed by atoms with Crippen LogP contribution in [0.5, 0.6) is 0 Å². The van der Waals surface area contributed by atoms with Gasteiger partial charge in [0, 0.05) is 0 Å². The van der Waals surface area contributed by atoms with E-state index in [0.29, 0.717) is 5.41 Å². The standard InChI is InChI=1S/C17H21ClO/c1-10(19)6-7-13-11(2)14-8-17(4,5)9-15(14)12(3)16(13)18/h6-7H,8-9H2,1-5H3/b7-6+. The Morgan fingerprint density at radius 3 is 2.21 bits per heavy atom. The minimum Gasteiger partial charge on any atom is -0.295 e. The van der Waals surface area contributed by atoms with Crippen LogP contribution in [-0.2, 0) is 17.6 Å². The van der Waals surface area contributed by atoms with Gasteiger partial charge >= 0.3 is 0 Å². The normalized spacial score (nSPS) is 16.9. The highest BCUT2D eigenvalue weighted by atomic mass is 35.5. The summed E-state index contributed by atoms with van der Waals surface area (Å²) >= 11 is 6.50. The Balaban J connectivity index is 2.61. The van der Waals surface area contributed by atoms with E-state index in [1.165, 1.54) is 22.3 Å². The van der Waals surface area contributed by atoms with E-state index in [-0.39, 0.29) is 5.78 Å². The van der Waals surface area contributed by atoms with Crippen molar-refractivity contribution in [2.75, 3.05) is 0 Å². The van der Waals surface area contributed by atoms with Gasteiger partial charge in [0.15, 0.2) is 5.78 Å². The van der Waals surface area contributed by atoms with E-state index in [4.69, 9.17) is 11.6 Å². The molecule has 1 aromatic carbocycles. The van der Waals surface area contributed by atoms with Crippen LogP contribution in [0, 0.1) is 19.3 Å². The van der Waals surface area contributed by atoms with Crippen molar-refractivity contribution in [3.8, 4) is 0 Å². The zero-order valence-corrected chi connectivity index (χ0v) is 13.1. The molecule has 102 valence electrons. The second-order valence-electron chi connectivity index (χ2n) is 6.40. The molecule has 1 aliphatic carbocycles. The molecule has 0 saturated heterocycles. The van der Waals surface area contributed by atoms with Gasteiger partial charge in [-0.05, 0) is 79.0 Å². The van der Waals surface area contributed by atoms with Gasteiger partial charge in [-0.1, -0.05) is 25.4 Å². The van der Waals surface area contributed by atoms with Crippen molar-refractivity contribution in [3.05, 3.63) is 38.9 Å². The lowest BCUT2D eigenvalue weighted by atomic mass is 9.90. The summed E-state index contributed by atoms with van der Waals surface area (Å²) in [6, 6.07) is 0. The molecular formula is C17H21ClO. The Kier molecular flexibility index (Phi) is 3.61. The molecular weight excluding hydrogens is 256 g/mol. The summed E-state index contributed by atoms with van der Waals surface area (Å²) in [7, 11) is 0. The third-order valence-electron chi connectivity index (χ3n) is 4.03. The van der Waals surface area contributed by atoms with Gasteiger partial charge < -0.3 is 0 Å². The van der Waals surface area contributed by atoms with Crippen molar-refractivity contribution in [2.24, 2.45) is 5.41 Å². The summed E-state index contributed by atoms with van der Waals surface area (Å²) < 4.78 is 0. The number of carbonyl (C=O) groups excluding carboxylic acids is 1. The summed E-state index contributed by atoms with van der Waals surface area (Å²) in [5, 5.41) is 0.798. The van der Waals surface area contributed by atoms with E-state index < -0.39 is 0 Å². The van der Waals surface area contributed by atoms with Crippen LogP contribution in [0.1, 0.15) is 48.6 Å². The Hall–Kier alpha value is -1.08. The molecule has 0 saturated carbocycles. The smallest absolute Gasteiger partial charge is 0.152 e. The van der Waals surface area contributed by atoms with E-state index in [9.17, 15) is 4.79 Å². The zero-order chi connectivity index (χ0) is 14.4. The monoisotopic (exact) mass is 276 g/mol. The molecule has 0 unspecified atom stereocenters. The van der Waals surface area contributed by atoms with E-state index >= 15 is 0 Å². The summed E-state index contributed by atoms with van der Waals surface area (Å²) in [4.78, 5) is 11.1. The Labute approximate surface area is 120 Å². The molecule has 1 aliphatic rings.